The molecule has 0 aliphatic carbocycles. The summed E-state index contributed by atoms with van der Waals surface area (Å²) >= 11 is 0. The van der Waals surface area contributed by atoms with Crippen LogP contribution in [-0.4, -0.2) is 34.1 Å². The van der Waals surface area contributed by atoms with Crippen molar-refractivity contribution in [3.05, 3.63) is 40.8 Å². The first-order chi connectivity index (χ1) is 10.8. The van der Waals surface area contributed by atoms with E-state index in [1.807, 2.05) is 33.8 Å². The summed E-state index contributed by atoms with van der Waals surface area (Å²) in [6.45, 7) is 7.91. The van der Waals surface area contributed by atoms with Crippen molar-refractivity contribution in [1.29, 1.82) is 0 Å². The van der Waals surface area contributed by atoms with Crippen molar-refractivity contribution in [1.82, 2.24) is 9.47 Å². The van der Waals surface area contributed by atoms with Crippen LogP contribution in [0.25, 0.3) is 10.8 Å². The molecular formula is C18H24N2O3. The number of amides is 1. The number of nitrogens with zero attached hydrogens (tertiary/aromatic N) is 2. The summed E-state index contributed by atoms with van der Waals surface area (Å²) in [5, 5.41) is 1.31. The zero-order chi connectivity index (χ0) is 17.1. The van der Waals surface area contributed by atoms with Gasteiger partial charge in [-0.1, -0.05) is 6.07 Å². The maximum atomic E-state index is 12.4. The van der Waals surface area contributed by atoms with Crippen molar-refractivity contribution in [2.45, 2.75) is 39.8 Å². The molecule has 2 rings (SSSR count). The highest BCUT2D eigenvalue weighted by atomic mass is 16.5. The molecule has 0 N–H and O–H groups in total. The Balaban J connectivity index is 2.25. The third kappa shape index (κ3) is 3.55. The molecule has 0 aliphatic heterocycles. The Labute approximate surface area is 136 Å². The van der Waals surface area contributed by atoms with Gasteiger partial charge in [0.25, 0.3) is 11.5 Å². The lowest BCUT2D eigenvalue weighted by atomic mass is 10.1. The van der Waals surface area contributed by atoms with Crippen LogP contribution in [0.1, 0.15) is 27.7 Å². The van der Waals surface area contributed by atoms with Gasteiger partial charge in [-0.15, -0.1) is 0 Å². The molecule has 0 bridgehead atoms. The smallest absolute Gasteiger partial charge is 0.260 e. The fourth-order valence-corrected chi connectivity index (χ4v) is 2.86. The predicted molar refractivity (Wildman–Crippen MR) is 91.8 cm³/mol. The predicted octanol–water partition coefficient (Wildman–Crippen LogP) is 2.56. The van der Waals surface area contributed by atoms with Crippen molar-refractivity contribution in [2.24, 2.45) is 7.05 Å². The maximum Gasteiger partial charge on any atom is 0.260 e. The Morgan fingerprint density at radius 2 is 1.78 bits per heavy atom. The lowest BCUT2D eigenvalue weighted by Gasteiger charge is -2.30. The quantitative estimate of drug-likeness (QED) is 0.852. The van der Waals surface area contributed by atoms with Gasteiger partial charge in [0.15, 0.2) is 6.61 Å². The number of hydrogen-bond donors (Lipinski definition) is 0. The third-order valence-electron chi connectivity index (χ3n) is 3.83. The number of pyridine rings is 1. The van der Waals surface area contributed by atoms with Crippen LogP contribution in [0.5, 0.6) is 5.75 Å². The highest BCUT2D eigenvalue weighted by molar-refractivity contribution is 5.88. The summed E-state index contributed by atoms with van der Waals surface area (Å²) in [6.07, 6.45) is 1.70. The monoisotopic (exact) mass is 316 g/mol. The number of rotatable bonds is 5. The van der Waals surface area contributed by atoms with Crippen molar-refractivity contribution in [2.75, 3.05) is 6.61 Å². The highest BCUT2D eigenvalue weighted by Crippen LogP contribution is 2.23. The molecule has 124 valence electrons. The Bertz CT molecular complexity index is 754. The summed E-state index contributed by atoms with van der Waals surface area (Å²) in [5.74, 6) is 0.497. The van der Waals surface area contributed by atoms with Gasteiger partial charge in [-0.25, -0.2) is 0 Å². The van der Waals surface area contributed by atoms with E-state index in [1.54, 1.807) is 36.3 Å². The molecule has 1 amide bonds. The molecule has 0 unspecified atom stereocenters. The lowest BCUT2D eigenvalue weighted by molar-refractivity contribution is -0.136. The normalized spacial score (nSPS) is 11.3. The molecule has 23 heavy (non-hydrogen) atoms. The average Bonchev–Trinajstić information content (AvgIpc) is 2.48. The van der Waals surface area contributed by atoms with Crippen LogP contribution in [0.2, 0.25) is 0 Å². The highest BCUT2D eigenvalue weighted by Gasteiger charge is 2.20. The average molecular weight is 316 g/mol. The first-order valence-corrected chi connectivity index (χ1v) is 7.85. The number of fused-ring (bicyclic) bond motifs is 1. The Morgan fingerprint density at radius 1 is 1.13 bits per heavy atom. The van der Waals surface area contributed by atoms with E-state index < -0.39 is 0 Å². The van der Waals surface area contributed by atoms with Crippen molar-refractivity contribution >= 4 is 16.7 Å². The molecule has 2 aromatic rings. The van der Waals surface area contributed by atoms with Crippen LogP contribution in [0.15, 0.2) is 35.3 Å². The summed E-state index contributed by atoms with van der Waals surface area (Å²) in [4.78, 5) is 26.3. The SMILES string of the molecule is CC(C)N(C(=O)COc1cccc2c(=O)n(C)ccc12)C(C)C. The van der Waals surface area contributed by atoms with E-state index in [1.165, 1.54) is 4.57 Å². The minimum Gasteiger partial charge on any atom is -0.483 e. The fourth-order valence-electron chi connectivity index (χ4n) is 2.86. The van der Waals surface area contributed by atoms with E-state index >= 15 is 0 Å². The second kappa shape index (κ2) is 6.86. The number of carbonyl (C=O) groups excluding carboxylic acids is 1. The van der Waals surface area contributed by atoms with Crippen molar-refractivity contribution in [3.8, 4) is 5.75 Å². The molecule has 0 saturated carbocycles. The molecule has 0 atom stereocenters. The molecule has 1 aromatic carbocycles. The van der Waals surface area contributed by atoms with Gasteiger partial charge in [-0.05, 0) is 45.9 Å². The third-order valence-corrected chi connectivity index (χ3v) is 3.83. The minimum absolute atomic E-state index is 0.0370. The van der Waals surface area contributed by atoms with Crippen LogP contribution in [-0.2, 0) is 11.8 Å². The number of aromatic nitrogens is 1. The summed E-state index contributed by atoms with van der Waals surface area (Å²) < 4.78 is 7.24. The van der Waals surface area contributed by atoms with Crippen LogP contribution < -0.4 is 10.3 Å². The Hall–Kier alpha value is -2.30. The molecule has 1 heterocycles. The van der Waals surface area contributed by atoms with E-state index in [9.17, 15) is 9.59 Å². The number of carbonyl (C=O) groups is 1. The Kier molecular flexibility index (Phi) is 5.08. The number of ether oxygens (including phenoxy) is 1. The van der Waals surface area contributed by atoms with Gasteiger partial charge in [-0.3, -0.25) is 9.59 Å². The maximum absolute atomic E-state index is 12.4. The molecule has 0 fully saturated rings. The van der Waals surface area contributed by atoms with Crippen LogP contribution in [0, 0.1) is 0 Å². The van der Waals surface area contributed by atoms with Gasteiger partial charge < -0.3 is 14.2 Å². The molecule has 0 aliphatic rings. The topological polar surface area (TPSA) is 51.5 Å². The van der Waals surface area contributed by atoms with Gasteiger partial charge in [0.1, 0.15) is 5.75 Å². The number of benzene rings is 1. The van der Waals surface area contributed by atoms with Gasteiger partial charge in [0, 0.05) is 30.7 Å². The summed E-state index contributed by atoms with van der Waals surface area (Å²) in [6, 6.07) is 7.38. The molecular weight excluding hydrogens is 292 g/mol. The first-order valence-electron chi connectivity index (χ1n) is 7.85. The van der Waals surface area contributed by atoms with E-state index in [0.29, 0.717) is 11.1 Å². The van der Waals surface area contributed by atoms with E-state index in [0.717, 1.165) is 5.39 Å². The first kappa shape index (κ1) is 17.1. The van der Waals surface area contributed by atoms with Crippen molar-refractivity contribution < 1.29 is 9.53 Å². The fraction of sp³-hybridized carbons (Fsp3) is 0.444. The summed E-state index contributed by atoms with van der Waals surface area (Å²) in [7, 11) is 1.71. The van der Waals surface area contributed by atoms with Gasteiger partial charge >= 0.3 is 0 Å². The van der Waals surface area contributed by atoms with Gasteiger partial charge in [-0.2, -0.15) is 0 Å². The number of aryl methyl sites for hydroxylation is 1. The summed E-state index contributed by atoms with van der Waals surface area (Å²) in [5.41, 5.74) is -0.0785. The van der Waals surface area contributed by atoms with Gasteiger partial charge in [0.2, 0.25) is 0 Å². The zero-order valence-electron chi connectivity index (χ0n) is 14.4. The second-order valence-electron chi connectivity index (χ2n) is 6.23. The molecule has 5 nitrogen and oxygen atoms in total. The van der Waals surface area contributed by atoms with Crippen LogP contribution in [0.4, 0.5) is 0 Å². The van der Waals surface area contributed by atoms with E-state index in [2.05, 4.69) is 0 Å². The van der Waals surface area contributed by atoms with Crippen LogP contribution in [0.3, 0.4) is 0 Å². The lowest BCUT2D eigenvalue weighted by Crippen LogP contribution is -2.44. The zero-order valence-corrected chi connectivity index (χ0v) is 14.4. The molecule has 1 aromatic heterocycles. The minimum atomic E-state index is -0.0785. The van der Waals surface area contributed by atoms with Crippen molar-refractivity contribution in [3.63, 3.8) is 0 Å². The Morgan fingerprint density at radius 3 is 2.39 bits per heavy atom. The molecule has 5 heteroatoms. The molecule has 0 radical (unpaired) electrons. The largest absolute Gasteiger partial charge is 0.483 e. The van der Waals surface area contributed by atoms with Gasteiger partial charge in [0.05, 0.1) is 5.39 Å². The number of hydrogen-bond acceptors (Lipinski definition) is 3. The van der Waals surface area contributed by atoms with E-state index in [-0.39, 0.29) is 30.2 Å². The standard InChI is InChI=1S/C18H24N2O3/c1-12(2)20(13(3)4)17(21)11-23-16-8-6-7-15-14(16)9-10-19(5)18(15)22/h6-10,12-13H,11H2,1-5H3. The van der Waals surface area contributed by atoms with Crippen LogP contribution >= 0.6 is 0 Å². The molecule has 0 saturated heterocycles. The molecule has 0 spiro atoms. The van der Waals surface area contributed by atoms with E-state index in [4.69, 9.17) is 4.74 Å². The second-order valence-corrected chi connectivity index (χ2v) is 6.23.